The average Bonchev–Trinajstić information content (AvgIpc) is 3.34. The molecule has 0 aliphatic carbocycles. The van der Waals surface area contributed by atoms with E-state index in [-0.39, 0.29) is 11.6 Å². The van der Waals surface area contributed by atoms with Crippen LogP contribution < -0.4 is 5.32 Å². The minimum atomic E-state index is -0.294. The van der Waals surface area contributed by atoms with Gasteiger partial charge < -0.3 is 5.32 Å². The Balaban J connectivity index is 1.57. The Kier molecular flexibility index (Phi) is 3.87. The van der Waals surface area contributed by atoms with E-state index in [0.29, 0.717) is 5.69 Å². The minimum Gasteiger partial charge on any atom is -0.321 e. The highest BCUT2D eigenvalue weighted by atomic mass is 32.1. The summed E-state index contributed by atoms with van der Waals surface area (Å²) in [6.07, 6.45) is 4.82. The van der Waals surface area contributed by atoms with E-state index in [1.165, 1.54) is 16.3 Å². The van der Waals surface area contributed by atoms with Gasteiger partial charge in [-0.1, -0.05) is 18.2 Å². The minimum absolute atomic E-state index is 0.279. The van der Waals surface area contributed by atoms with Gasteiger partial charge in [0.2, 0.25) is 0 Å². The molecule has 136 valence electrons. The number of aromatic nitrogens is 4. The lowest BCUT2D eigenvalue weighted by Gasteiger charge is -2.08. The maximum Gasteiger partial charge on any atom is 0.275 e. The number of anilines is 1. The van der Waals surface area contributed by atoms with Crippen LogP contribution in [0.1, 0.15) is 16.2 Å². The van der Waals surface area contributed by atoms with E-state index in [1.54, 1.807) is 23.7 Å². The van der Waals surface area contributed by atoms with Gasteiger partial charge in [-0.3, -0.25) is 14.9 Å². The van der Waals surface area contributed by atoms with Crippen molar-refractivity contribution in [2.75, 3.05) is 5.32 Å². The number of carbonyl (C=O) groups is 1. The van der Waals surface area contributed by atoms with E-state index >= 15 is 0 Å². The van der Waals surface area contributed by atoms with Gasteiger partial charge in [-0.25, -0.2) is 4.98 Å². The van der Waals surface area contributed by atoms with Gasteiger partial charge in [0.25, 0.3) is 5.91 Å². The summed E-state index contributed by atoms with van der Waals surface area (Å²) in [6.45, 7) is 1.83. The third kappa shape index (κ3) is 2.91. The van der Waals surface area contributed by atoms with Crippen LogP contribution in [0.4, 0.5) is 5.69 Å². The molecule has 7 heteroatoms. The molecular formula is C21H15N5OS. The van der Waals surface area contributed by atoms with Gasteiger partial charge in [-0.05, 0) is 36.6 Å². The summed E-state index contributed by atoms with van der Waals surface area (Å²) in [5.74, 6) is -0.294. The smallest absolute Gasteiger partial charge is 0.275 e. The number of aromatic amines is 1. The quantitative estimate of drug-likeness (QED) is 0.467. The van der Waals surface area contributed by atoms with Crippen molar-refractivity contribution in [3.8, 4) is 10.4 Å². The molecule has 3 heterocycles. The van der Waals surface area contributed by atoms with Crippen molar-refractivity contribution in [3.05, 3.63) is 72.4 Å². The summed E-state index contributed by atoms with van der Waals surface area (Å²) in [7, 11) is 0. The van der Waals surface area contributed by atoms with Crippen molar-refractivity contribution in [1.29, 1.82) is 0 Å². The Morgan fingerprint density at radius 1 is 1.04 bits per heavy atom. The second-order valence-electron chi connectivity index (χ2n) is 6.50. The van der Waals surface area contributed by atoms with Crippen LogP contribution >= 0.6 is 11.3 Å². The molecular weight excluding hydrogens is 370 g/mol. The molecule has 0 aliphatic heterocycles. The predicted octanol–water partition coefficient (Wildman–Crippen LogP) is 4.80. The first kappa shape index (κ1) is 16.6. The highest BCUT2D eigenvalue weighted by molar-refractivity contribution is 7.22. The van der Waals surface area contributed by atoms with E-state index in [2.05, 4.69) is 43.7 Å². The zero-order chi connectivity index (χ0) is 19.1. The van der Waals surface area contributed by atoms with Crippen molar-refractivity contribution in [3.63, 3.8) is 0 Å². The van der Waals surface area contributed by atoms with E-state index in [9.17, 15) is 4.79 Å². The highest BCUT2D eigenvalue weighted by Gasteiger charge is 2.14. The Hall–Kier alpha value is -3.58. The van der Waals surface area contributed by atoms with Crippen LogP contribution in [-0.4, -0.2) is 26.1 Å². The molecule has 0 unspecified atom stereocenters. The largest absolute Gasteiger partial charge is 0.321 e. The first-order chi connectivity index (χ1) is 13.7. The molecule has 28 heavy (non-hydrogen) atoms. The number of aryl methyl sites for hydroxylation is 1. The van der Waals surface area contributed by atoms with Crippen molar-refractivity contribution in [1.82, 2.24) is 20.2 Å². The Labute approximate surface area is 164 Å². The molecule has 2 N–H and O–H groups in total. The molecule has 0 bridgehead atoms. The second-order valence-corrected chi connectivity index (χ2v) is 7.59. The summed E-state index contributed by atoms with van der Waals surface area (Å²) >= 11 is 1.71. The van der Waals surface area contributed by atoms with E-state index < -0.39 is 0 Å². The number of nitrogens with zero attached hydrogens (tertiary/aromatic N) is 3. The summed E-state index contributed by atoms with van der Waals surface area (Å²) in [4.78, 5) is 21.9. The average molecular weight is 385 g/mol. The van der Waals surface area contributed by atoms with Crippen LogP contribution in [-0.2, 0) is 0 Å². The van der Waals surface area contributed by atoms with E-state index in [0.717, 1.165) is 27.0 Å². The first-order valence-corrected chi connectivity index (χ1v) is 9.55. The zero-order valence-corrected chi connectivity index (χ0v) is 15.7. The fourth-order valence-corrected chi connectivity index (χ4v) is 4.23. The monoisotopic (exact) mass is 385 g/mol. The number of hydrogen-bond donors (Lipinski definition) is 2. The van der Waals surface area contributed by atoms with Gasteiger partial charge in [0, 0.05) is 32.4 Å². The number of thiophene rings is 1. The zero-order valence-electron chi connectivity index (χ0n) is 14.9. The molecule has 0 saturated heterocycles. The molecule has 1 amide bonds. The van der Waals surface area contributed by atoms with Crippen LogP contribution in [0.2, 0.25) is 0 Å². The van der Waals surface area contributed by atoms with Gasteiger partial charge in [0.1, 0.15) is 5.69 Å². The molecule has 0 spiro atoms. The maximum atomic E-state index is 12.6. The molecule has 5 aromatic rings. The van der Waals surface area contributed by atoms with E-state index in [4.69, 9.17) is 0 Å². The number of fused-ring (bicyclic) bond motifs is 2. The Morgan fingerprint density at radius 2 is 1.93 bits per heavy atom. The fraction of sp³-hybridized carbons (Fsp3) is 0.0476. The van der Waals surface area contributed by atoms with E-state index in [1.807, 2.05) is 31.2 Å². The molecule has 0 fully saturated rings. The highest BCUT2D eigenvalue weighted by Crippen LogP contribution is 2.38. The van der Waals surface area contributed by atoms with Gasteiger partial charge in [-0.15, -0.1) is 11.3 Å². The molecule has 0 radical (unpaired) electrons. The molecule has 2 aromatic carbocycles. The SMILES string of the molecule is Cc1cnc(C(=O)Nc2cc(-c3cc4ccccc4s3)c3[nH]ncc3c2)cn1. The molecule has 5 rings (SSSR count). The third-order valence-electron chi connectivity index (χ3n) is 4.51. The lowest BCUT2D eigenvalue weighted by atomic mass is 10.1. The second kappa shape index (κ2) is 6.54. The number of hydrogen-bond acceptors (Lipinski definition) is 5. The van der Waals surface area contributed by atoms with Gasteiger partial charge in [-0.2, -0.15) is 5.10 Å². The van der Waals surface area contributed by atoms with Crippen molar-refractivity contribution < 1.29 is 4.79 Å². The topological polar surface area (TPSA) is 83.6 Å². The van der Waals surface area contributed by atoms with Gasteiger partial charge in [0.15, 0.2) is 0 Å². The number of nitrogens with one attached hydrogen (secondary N) is 2. The summed E-state index contributed by atoms with van der Waals surface area (Å²) in [5.41, 5.74) is 3.68. The van der Waals surface area contributed by atoms with Gasteiger partial charge >= 0.3 is 0 Å². The predicted molar refractivity (Wildman–Crippen MR) is 112 cm³/mol. The molecule has 3 aromatic heterocycles. The van der Waals surface area contributed by atoms with Crippen LogP contribution in [0.15, 0.2) is 61.1 Å². The summed E-state index contributed by atoms with van der Waals surface area (Å²) in [5, 5.41) is 12.3. The standard InChI is InChI=1S/C21H15N5OS/c1-12-9-23-17(11-22-12)21(27)25-15-6-14-10-24-26-20(14)16(8-15)19-7-13-4-2-3-5-18(13)28-19/h2-11H,1H3,(H,24,26)(H,25,27). The number of benzene rings is 2. The molecule has 0 aliphatic rings. The lowest BCUT2D eigenvalue weighted by molar-refractivity contribution is 0.102. The van der Waals surface area contributed by atoms with Gasteiger partial charge in [0.05, 0.1) is 23.6 Å². The lowest BCUT2D eigenvalue weighted by Crippen LogP contribution is -2.14. The van der Waals surface area contributed by atoms with Crippen molar-refractivity contribution in [2.45, 2.75) is 6.92 Å². The Morgan fingerprint density at radius 3 is 2.75 bits per heavy atom. The Bertz CT molecular complexity index is 1290. The number of rotatable bonds is 3. The van der Waals surface area contributed by atoms with Crippen LogP contribution in [0.3, 0.4) is 0 Å². The number of amides is 1. The van der Waals surface area contributed by atoms with Crippen LogP contribution in [0.5, 0.6) is 0 Å². The van der Waals surface area contributed by atoms with Crippen LogP contribution in [0, 0.1) is 6.92 Å². The molecule has 6 nitrogen and oxygen atoms in total. The molecule has 0 saturated carbocycles. The first-order valence-electron chi connectivity index (χ1n) is 8.73. The fourth-order valence-electron chi connectivity index (χ4n) is 3.14. The summed E-state index contributed by atoms with van der Waals surface area (Å²) < 4.78 is 1.22. The third-order valence-corrected chi connectivity index (χ3v) is 5.66. The number of carbonyl (C=O) groups excluding carboxylic acids is 1. The summed E-state index contributed by atoms with van der Waals surface area (Å²) in [6, 6.07) is 14.3. The maximum absolute atomic E-state index is 12.6. The van der Waals surface area contributed by atoms with Crippen molar-refractivity contribution >= 4 is 43.9 Å². The van der Waals surface area contributed by atoms with Crippen molar-refractivity contribution in [2.24, 2.45) is 0 Å². The number of H-pyrrole nitrogens is 1. The van der Waals surface area contributed by atoms with Crippen LogP contribution in [0.25, 0.3) is 31.4 Å². The molecule has 0 atom stereocenters. The normalized spacial score (nSPS) is 11.2.